The van der Waals surface area contributed by atoms with E-state index >= 15 is 0 Å². The molecule has 0 aliphatic heterocycles. The average Bonchev–Trinajstić information content (AvgIpc) is 3.12. The minimum atomic E-state index is 0.0485. The van der Waals surface area contributed by atoms with Crippen LogP contribution in [-0.4, -0.2) is 34.1 Å². The number of Topliss-reactive ketones (excluding diaryl/α,β-unsaturated/α-hetero) is 1. The van der Waals surface area contributed by atoms with E-state index in [4.69, 9.17) is 16.3 Å². The van der Waals surface area contributed by atoms with Crippen molar-refractivity contribution in [2.75, 3.05) is 18.1 Å². The summed E-state index contributed by atoms with van der Waals surface area (Å²) in [7, 11) is 0. The van der Waals surface area contributed by atoms with E-state index in [0.29, 0.717) is 22.9 Å². The highest BCUT2D eigenvalue weighted by Crippen LogP contribution is 2.29. The Labute approximate surface area is 169 Å². The first-order valence-corrected chi connectivity index (χ1v) is 10.9. The first kappa shape index (κ1) is 19.2. The predicted octanol–water partition coefficient (Wildman–Crippen LogP) is 5.34. The monoisotopic (exact) mass is 422 g/mol. The summed E-state index contributed by atoms with van der Waals surface area (Å²) in [6.07, 6.45) is 0. The van der Waals surface area contributed by atoms with Gasteiger partial charge in [-0.2, -0.15) is 0 Å². The van der Waals surface area contributed by atoms with E-state index in [1.807, 2.05) is 30.3 Å². The standard InChI is InChI=1S/C18H15ClN2O2S3/c19-14-8-6-13(7-9-14)16(22)12-25-18-21-20-17(26-18)24-11-10-23-15-4-2-1-3-5-15/h1-9H,10-12H2. The summed E-state index contributed by atoms with van der Waals surface area (Å²) in [5.74, 6) is 2.03. The first-order chi connectivity index (χ1) is 12.7. The normalized spacial score (nSPS) is 10.7. The zero-order valence-electron chi connectivity index (χ0n) is 13.6. The van der Waals surface area contributed by atoms with Crippen molar-refractivity contribution in [1.29, 1.82) is 0 Å². The lowest BCUT2D eigenvalue weighted by atomic mass is 10.1. The molecule has 0 bridgehead atoms. The first-order valence-electron chi connectivity index (χ1n) is 7.76. The fourth-order valence-corrected chi connectivity index (χ4v) is 4.89. The minimum absolute atomic E-state index is 0.0485. The fraction of sp³-hybridized carbons (Fsp3) is 0.167. The lowest BCUT2D eigenvalue weighted by molar-refractivity contribution is 0.102. The van der Waals surface area contributed by atoms with Gasteiger partial charge in [0.15, 0.2) is 14.5 Å². The summed E-state index contributed by atoms with van der Waals surface area (Å²) in [6, 6.07) is 16.6. The van der Waals surface area contributed by atoms with Gasteiger partial charge in [-0.15, -0.1) is 10.2 Å². The van der Waals surface area contributed by atoms with Crippen LogP contribution in [0.15, 0.2) is 63.3 Å². The topological polar surface area (TPSA) is 52.1 Å². The van der Waals surface area contributed by atoms with Crippen LogP contribution < -0.4 is 4.74 Å². The average molecular weight is 423 g/mol. The van der Waals surface area contributed by atoms with E-state index in [0.717, 1.165) is 20.2 Å². The third-order valence-corrected chi connectivity index (χ3v) is 6.61. The SMILES string of the molecule is O=C(CSc1nnc(SCCOc2ccccc2)s1)c1ccc(Cl)cc1. The molecule has 134 valence electrons. The highest BCUT2D eigenvalue weighted by molar-refractivity contribution is 8.03. The van der Waals surface area contributed by atoms with Crippen LogP contribution in [0.1, 0.15) is 10.4 Å². The Bertz CT molecular complexity index is 841. The quantitative estimate of drug-likeness (QED) is 0.263. The van der Waals surface area contributed by atoms with E-state index < -0.39 is 0 Å². The number of hydrogen-bond acceptors (Lipinski definition) is 7. The molecule has 0 amide bonds. The van der Waals surface area contributed by atoms with Crippen molar-refractivity contribution >= 4 is 52.2 Å². The molecule has 0 radical (unpaired) electrons. The molecule has 1 aromatic heterocycles. The van der Waals surface area contributed by atoms with E-state index in [1.165, 1.54) is 23.1 Å². The van der Waals surface area contributed by atoms with Gasteiger partial charge in [-0.25, -0.2) is 0 Å². The maximum atomic E-state index is 12.2. The van der Waals surface area contributed by atoms with Crippen molar-refractivity contribution in [3.8, 4) is 5.75 Å². The van der Waals surface area contributed by atoms with Crippen molar-refractivity contribution in [2.45, 2.75) is 8.68 Å². The molecule has 1 heterocycles. The number of rotatable bonds is 9. The molecule has 26 heavy (non-hydrogen) atoms. The van der Waals surface area contributed by atoms with Gasteiger partial charge in [-0.05, 0) is 36.4 Å². The molecule has 0 spiro atoms. The molecule has 0 saturated heterocycles. The van der Waals surface area contributed by atoms with Gasteiger partial charge < -0.3 is 4.74 Å². The molecular formula is C18H15ClN2O2S3. The Morgan fingerprint density at radius 1 is 1.00 bits per heavy atom. The number of halogens is 1. The Morgan fingerprint density at radius 2 is 1.69 bits per heavy atom. The molecule has 0 saturated carbocycles. The lowest BCUT2D eigenvalue weighted by Gasteiger charge is -2.03. The summed E-state index contributed by atoms with van der Waals surface area (Å²) in [5, 5.41) is 8.90. The van der Waals surface area contributed by atoms with Crippen LogP contribution >= 0.6 is 46.5 Å². The molecule has 3 aromatic rings. The largest absolute Gasteiger partial charge is 0.493 e. The number of benzene rings is 2. The van der Waals surface area contributed by atoms with Crippen LogP contribution in [0.5, 0.6) is 5.75 Å². The van der Waals surface area contributed by atoms with Gasteiger partial charge in [0.25, 0.3) is 0 Å². The van der Waals surface area contributed by atoms with Gasteiger partial charge in [0.2, 0.25) is 0 Å². The second kappa shape index (κ2) is 9.97. The number of aromatic nitrogens is 2. The van der Waals surface area contributed by atoms with Gasteiger partial charge in [0.05, 0.1) is 12.4 Å². The van der Waals surface area contributed by atoms with E-state index in [9.17, 15) is 4.79 Å². The van der Waals surface area contributed by atoms with Crippen LogP contribution in [-0.2, 0) is 0 Å². The summed E-state index contributed by atoms with van der Waals surface area (Å²) in [5.41, 5.74) is 0.652. The van der Waals surface area contributed by atoms with Crippen molar-refractivity contribution in [2.24, 2.45) is 0 Å². The summed E-state index contributed by atoms with van der Waals surface area (Å²) in [4.78, 5) is 12.2. The van der Waals surface area contributed by atoms with Crippen LogP contribution in [0, 0.1) is 0 Å². The van der Waals surface area contributed by atoms with Gasteiger partial charge >= 0.3 is 0 Å². The van der Waals surface area contributed by atoms with E-state index in [1.54, 1.807) is 36.0 Å². The number of ketones is 1. The van der Waals surface area contributed by atoms with Crippen LogP contribution in [0.4, 0.5) is 0 Å². The third-order valence-electron chi connectivity index (χ3n) is 3.20. The highest BCUT2D eigenvalue weighted by atomic mass is 35.5. The molecule has 0 fully saturated rings. The van der Waals surface area contributed by atoms with Crippen LogP contribution in [0.3, 0.4) is 0 Å². The molecule has 8 heteroatoms. The van der Waals surface area contributed by atoms with Gasteiger partial charge in [0, 0.05) is 16.3 Å². The number of ether oxygens (including phenoxy) is 1. The molecule has 2 aromatic carbocycles. The van der Waals surface area contributed by atoms with Crippen LogP contribution in [0.2, 0.25) is 5.02 Å². The summed E-state index contributed by atoms with van der Waals surface area (Å²) < 4.78 is 7.32. The van der Waals surface area contributed by atoms with Gasteiger partial charge in [-0.1, -0.05) is 64.7 Å². The second-order valence-electron chi connectivity index (χ2n) is 5.06. The lowest BCUT2D eigenvalue weighted by Crippen LogP contribution is -2.01. The molecule has 3 rings (SSSR count). The van der Waals surface area contributed by atoms with Crippen LogP contribution in [0.25, 0.3) is 0 Å². The second-order valence-corrected chi connectivity index (χ2v) is 9.04. The number of nitrogens with zero attached hydrogens (tertiary/aromatic N) is 2. The Morgan fingerprint density at radius 3 is 2.42 bits per heavy atom. The Balaban J connectivity index is 1.40. The maximum absolute atomic E-state index is 12.2. The molecular weight excluding hydrogens is 408 g/mol. The van der Waals surface area contributed by atoms with Gasteiger partial charge in [-0.3, -0.25) is 4.79 Å². The zero-order valence-corrected chi connectivity index (χ0v) is 16.8. The molecule has 0 unspecified atom stereocenters. The maximum Gasteiger partial charge on any atom is 0.175 e. The number of hydrogen-bond donors (Lipinski definition) is 0. The Kier molecular flexibility index (Phi) is 7.37. The van der Waals surface area contributed by atoms with Crippen molar-refractivity contribution in [1.82, 2.24) is 10.2 Å². The predicted molar refractivity (Wildman–Crippen MR) is 109 cm³/mol. The number of thioether (sulfide) groups is 2. The molecule has 4 nitrogen and oxygen atoms in total. The number of carbonyl (C=O) groups is 1. The Hall–Kier alpha value is -1.54. The molecule has 0 N–H and O–H groups in total. The summed E-state index contributed by atoms with van der Waals surface area (Å²) in [6.45, 7) is 0.603. The smallest absolute Gasteiger partial charge is 0.175 e. The van der Waals surface area contributed by atoms with E-state index in [2.05, 4.69) is 10.2 Å². The van der Waals surface area contributed by atoms with E-state index in [-0.39, 0.29) is 5.78 Å². The molecule has 0 aliphatic carbocycles. The summed E-state index contributed by atoms with van der Waals surface area (Å²) >= 11 is 10.3. The molecule has 0 aliphatic rings. The molecule has 0 atom stereocenters. The van der Waals surface area contributed by atoms with Crippen molar-refractivity contribution in [3.63, 3.8) is 0 Å². The number of para-hydroxylation sites is 1. The highest BCUT2D eigenvalue weighted by Gasteiger charge is 2.10. The zero-order chi connectivity index (χ0) is 18.2. The van der Waals surface area contributed by atoms with Crippen molar-refractivity contribution < 1.29 is 9.53 Å². The van der Waals surface area contributed by atoms with Crippen molar-refractivity contribution in [3.05, 3.63) is 65.2 Å². The fourth-order valence-electron chi connectivity index (χ4n) is 1.97. The minimum Gasteiger partial charge on any atom is -0.493 e. The van der Waals surface area contributed by atoms with Gasteiger partial charge in [0.1, 0.15) is 5.75 Å². The third kappa shape index (κ3) is 6.02. The number of carbonyl (C=O) groups excluding carboxylic acids is 1.